The van der Waals surface area contributed by atoms with Gasteiger partial charge in [0.1, 0.15) is 6.61 Å². The number of carbonyl (C=O) groups is 2. The second kappa shape index (κ2) is 12.6. The fraction of sp³-hybridized carbons (Fsp3) is 0.565. The van der Waals surface area contributed by atoms with Crippen LogP contribution in [0.25, 0.3) is 0 Å². The summed E-state index contributed by atoms with van der Waals surface area (Å²) >= 11 is 0. The molecule has 4 nitrogen and oxygen atoms in total. The number of rotatable bonds is 14. The van der Waals surface area contributed by atoms with Crippen LogP contribution in [-0.4, -0.2) is 34.0 Å². The molecule has 0 aromatic carbocycles. The average molecular weight is 375 g/mol. The zero-order valence-electron chi connectivity index (χ0n) is 16.5. The lowest BCUT2D eigenvalue weighted by atomic mass is 9.88. The molecule has 27 heavy (non-hydrogen) atoms. The van der Waals surface area contributed by atoms with Crippen molar-refractivity contribution in [1.82, 2.24) is 0 Å². The minimum Gasteiger partial charge on any atom is -0.389 e. The van der Waals surface area contributed by atoms with Gasteiger partial charge in [-0.2, -0.15) is 0 Å². The number of ketones is 2. The molecule has 2 N–H and O–H groups in total. The largest absolute Gasteiger partial charge is 0.389 e. The van der Waals surface area contributed by atoms with Crippen LogP contribution in [0, 0.1) is 11.8 Å². The predicted octanol–water partition coefficient (Wildman–Crippen LogP) is 4.09. The van der Waals surface area contributed by atoms with Crippen LogP contribution in [-0.2, 0) is 9.59 Å². The topological polar surface area (TPSA) is 74.6 Å². The first-order valence-electron chi connectivity index (χ1n) is 9.98. The lowest BCUT2D eigenvalue weighted by Gasteiger charge is -2.22. The Kier molecular flexibility index (Phi) is 10.8. The Morgan fingerprint density at radius 3 is 2.74 bits per heavy atom. The zero-order chi connectivity index (χ0) is 20.1. The van der Waals surface area contributed by atoms with Crippen molar-refractivity contribution >= 4 is 11.6 Å². The van der Waals surface area contributed by atoms with E-state index in [4.69, 9.17) is 5.11 Å². The van der Waals surface area contributed by atoms with Gasteiger partial charge in [0.05, 0.1) is 5.60 Å². The van der Waals surface area contributed by atoms with Crippen molar-refractivity contribution in [3.05, 3.63) is 49.1 Å². The van der Waals surface area contributed by atoms with Gasteiger partial charge in [-0.3, -0.25) is 9.59 Å². The highest BCUT2D eigenvalue weighted by atomic mass is 16.3. The fourth-order valence-electron chi connectivity index (χ4n) is 3.18. The van der Waals surface area contributed by atoms with E-state index < -0.39 is 5.60 Å². The van der Waals surface area contributed by atoms with Gasteiger partial charge in [0.2, 0.25) is 0 Å². The van der Waals surface area contributed by atoms with Crippen LogP contribution in [0.3, 0.4) is 0 Å². The van der Waals surface area contributed by atoms with Crippen LogP contribution >= 0.6 is 0 Å². The van der Waals surface area contributed by atoms with Crippen molar-refractivity contribution in [3.8, 4) is 0 Å². The molecule has 0 aromatic heterocycles. The first-order chi connectivity index (χ1) is 13.0. The third-order valence-corrected chi connectivity index (χ3v) is 5.05. The van der Waals surface area contributed by atoms with Gasteiger partial charge in [-0.25, -0.2) is 0 Å². The summed E-state index contributed by atoms with van der Waals surface area (Å²) in [5.41, 5.74) is -0.875. The Labute approximate surface area is 163 Å². The summed E-state index contributed by atoms with van der Waals surface area (Å²) in [6, 6.07) is 0. The maximum atomic E-state index is 12.1. The van der Waals surface area contributed by atoms with Gasteiger partial charge < -0.3 is 10.2 Å². The Balaban J connectivity index is 2.47. The highest BCUT2D eigenvalue weighted by molar-refractivity contribution is 5.95. The van der Waals surface area contributed by atoms with Gasteiger partial charge in [0.15, 0.2) is 11.6 Å². The number of aliphatic hydroxyl groups excluding tert-OH is 1. The Hall–Kier alpha value is -1.78. The summed E-state index contributed by atoms with van der Waals surface area (Å²) in [7, 11) is 0. The van der Waals surface area contributed by atoms with Crippen LogP contribution in [0.1, 0.15) is 58.3 Å². The van der Waals surface area contributed by atoms with Crippen molar-refractivity contribution in [2.24, 2.45) is 11.8 Å². The van der Waals surface area contributed by atoms with E-state index in [1.165, 1.54) is 0 Å². The second-order valence-corrected chi connectivity index (χ2v) is 7.28. The number of allylic oxidation sites excluding steroid dienone is 5. The molecule has 0 bridgehead atoms. The average Bonchev–Trinajstić information content (AvgIpc) is 3.02. The summed E-state index contributed by atoms with van der Waals surface area (Å²) in [6.07, 6.45) is 18.9. The van der Waals surface area contributed by atoms with Gasteiger partial charge >= 0.3 is 0 Å². The van der Waals surface area contributed by atoms with Crippen molar-refractivity contribution in [3.63, 3.8) is 0 Å². The second-order valence-electron chi connectivity index (χ2n) is 7.28. The number of unbranched alkanes of at least 4 members (excludes halogenated alkanes) is 2. The fourth-order valence-corrected chi connectivity index (χ4v) is 3.18. The van der Waals surface area contributed by atoms with Gasteiger partial charge in [0, 0.05) is 18.3 Å². The van der Waals surface area contributed by atoms with Crippen molar-refractivity contribution in [1.29, 1.82) is 0 Å². The Morgan fingerprint density at radius 2 is 2.07 bits per heavy atom. The summed E-state index contributed by atoms with van der Waals surface area (Å²) in [5.74, 6) is -0.0423. The predicted molar refractivity (Wildman–Crippen MR) is 109 cm³/mol. The molecule has 1 unspecified atom stereocenters. The van der Waals surface area contributed by atoms with Crippen molar-refractivity contribution < 1.29 is 19.8 Å². The van der Waals surface area contributed by atoms with Crippen LogP contribution in [0.5, 0.6) is 0 Å². The van der Waals surface area contributed by atoms with Crippen LogP contribution in [0.15, 0.2) is 49.1 Å². The van der Waals surface area contributed by atoms with E-state index in [-0.39, 0.29) is 30.0 Å². The summed E-state index contributed by atoms with van der Waals surface area (Å²) < 4.78 is 0. The molecule has 0 heterocycles. The number of hydrogen-bond acceptors (Lipinski definition) is 4. The molecule has 0 spiro atoms. The number of hydrogen-bond donors (Lipinski definition) is 2. The maximum absolute atomic E-state index is 12.1. The van der Waals surface area contributed by atoms with Crippen LogP contribution in [0.2, 0.25) is 0 Å². The monoisotopic (exact) mass is 374 g/mol. The number of carbonyl (C=O) groups excluding carboxylic acids is 2. The molecule has 0 saturated carbocycles. The van der Waals surface area contributed by atoms with Gasteiger partial charge in [-0.1, -0.05) is 56.2 Å². The van der Waals surface area contributed by atoms with Crippen LogP contribution < -0.4 is 0 Å². The maximum Gasteiger partial charge on any atom is 0.159 e. The molecule has 4 heteroatoms. The third-order valence-electron chi connectivity index (χ3n) is 5.05. The van der Waals surface area contributed by atoms with Crippen molar-refractivity contribution in [2.45, 2.75) is 63.9 Å². The van der Waals surface area contributed by atoms with E-state index in [1.54, 1.807) is 12.2 Å². The summed E-state index contributed by atoms with van der Waals surface area (Å²) in [5, 5.41) is 19.2. The molecule has 0 amide bonds. The van der Waals surface area contributed by atoms with Crippen LogP contribution in [0.4, 0.5) is 0 Å². The van der Waals surface area contributed by atoms with E-state index in [0.717, 1.165) is 19.3 Å². The zero-order valence-corrected chi connectivity index (χ0v) is 16.5. The lowest BCUT2D eigenvalue weighted by Crippen LogP contribution is -2.24. The molecule has 0 fully saturated rings. The third kappa shape index (κ3) is 8.63. The molecule has 0 aromatic rings. The normalized spacial score (nSPS) is 22.0. The molecular weight excluding hydrogens is 340 g/mol. The highest BCUT2D eigenvalue weighted by Gasteiger charge is 2.27. The first kappa shape index (κ1) is 23.3. The molecule has 150 valence electrons. The summed E-state index contributed by atoms with van der Waals surface area (Å²) in [4.78, 5) is 23.1. The molecule has 1 aliphatic carbocycles. The molecule has 1 aliphatic rings. The molecule has 0 radical (unpaired) electrons. The molecular formula is C23H34O4. The standard InChI is InChI=1S/C23H34O4/c1-3-5-16-23(27,4-2)17-10-11-19-14-15-22(26)21(19)13-9-7-6-8-12-20(25)18-24/h4,7,9-11,14-15,19,21,24,27H,2-3,5-6,8,12-13,16-18H2,1H3/t19-,21+,23?/m0/s1. The molecule has 0 saturated heterocycles. The highest BCUT2D eigenvalue weighted by Crippen LogP contribution is 2.28. The quantitative estimate of drug-likeness (QED) is 0.355. The van der Waals surface area contributed by atoms with Crippen molar-refractivity contribution in [2.75, 3.05) is 6.61 Å². The SMILES string of the molecule is C=CC(O)(CC=C[C@H]1C=CC(=O)[C@@H]1CC=CCCCC(=O)CO)CCCC. The number of Topliss-reactive ketones (excluding diaryl/α,β-unsaturated/α-hetero) is 1. The van der Waals surface area contributed by atoms with Gasteiger partial charge in [-0.15, -0.1) is 6.58 Å². The number of aliphatic hydroxyl groups is 2. The Bertz CT molecular complexity index is 573. The lowest BCUT2D eigenvalue weighted by molar-refractivity contribution is -0.121. The van der Waals surface area contributed by atoms with Gasteiger partial charge in [0.25, 0.3) is 0 Å². The molecule has 1 rings (SSSR count). The molecule has 0 aliphatic heterocycles. The van der Waals surface area contributed by atoms with E-state index in [2.05, 4.69) is 13.5 Å². The van der Waals surface area contributed by atoms with E-state index >= 15 is 0 Å². The Morgan fingerprint density at radius 1 is 1.30 bits per heavy atom. The van der Waals surface area contributed by atoms with E-state index in [9.17, 15) is 14.7 Å². The summed E-state index contributed by atoms with van der Waals surface area (Å²) in [6.45, 7) is 5.45. The van der Waals surface area contributed by atoms with E-state index in [0.29, 0.717) is 32.1 Å². The van der Waals surface area contributed by atoms with Gasteiger partial charge in [-0.05, 0) is 38.2 Å². The minimum absolute atomic E-state index is 0.0540. The molecule has 3 atom stereocenters. The first-order valence-corrected chi connectivity index (χ1v) is 9.98. The van der Waals surface area contributed by atoms with E-state index in [1.807, 2.05) is 30.4 Å². The minimum atomic E-state index is -0.875. The smallest absolute Gasteiger partial charge is 0.159 e.